The molecule has 0 radical (unpaired) electrons. The van der Waals surface area contributed by atoms with Crippen LogP contribution < -0.4 is 15.2 Å². The lowest BCUT2D eigenvalue weighted by Crippen LogP contribution is -2.30. The minimum Gasteiger partial charge on any atom is -0.490 e. The fourth-order valence-electron chi connectivity index (χ4n) is 1.79. The second kappa shape index (κ2) is 10.0. The first-order valence-corrected chi connectivity index (χ1v) is 7.47. The van der Waals surface area contributed by atoms with Gasteiger partial charge in [0.25, 0.3) is 0 Å². The summed E-state index contributed by atoms with van der Waals surface area (Å²) in [7, 11) is 1.79. The van der Waals surface area contributed by atoms with Crippen molar-refractivity contribution in [1.82, 2.24) is 4.90 Å². The van der Waals surface area contributed by atoms with Gasteiger partial charge in [0.15, 0.2) is 11.5 Å². The number of rotatable bonds is 10. The molecule has 0 fully saturated rings. The van der Waals surface area contributed by atoms with E-state index in [1.165, 1.54) is 0 Å². The number of hydrogen-bond donors (Lipinski definition) is 1. The number of nitrogens with zero attached hydrogens (tertiary/aromatic N) is 1. The molecule has 1 rings (SSSR count). The lowest BCUT2D eigenvalue weighted by atomic mass is 10.3. The molecule has 1 aromatic rings. The monoisotopic (exact) mass is 294 g/mol. The smallest absolute Gasteiger partial charge is 0.225 e. The summed E-state index contributed by atoms with van der Waals surface area (Å²) in [5, 5.41) is 0. The van der Waals surface area contributed by atoms with E-state index in [1.54, 1.807) is 11.9 Å². The van der Waals surface area contributed by atoms with Crippen molar-refractivity contribution in [2.45, 2.75) is 26.2 Å². The normalized spacial score (nSPS) is 10.2. The second-order valence-corrected chi connectivity index (χ2v) is 4.85. The molecule has 0 aromatic heterocycles. The zero-order valence-electron chi connectivity index (χ0n) is 13.0. The Morgan fingerprint density at radius 2 is 1.81 bits per heavy atom. The maximum atomic E-state index is 11.9. The lowest BCUT2D eigenvalue weighted by Gasteiger charge is -2.17. The van der Waals surface area contributed by atoms with Crippen LogP contribution in [0.5, 0.6) is 11.5 Å². The van der Waals surface area contributed by atoms with Crippen LogP contribution in [-0.4, -0.2) is 44.2 Å². The molecule has 5 nitrogen and oxygen atoms in total. The molecule has 0 aliphatic heterocycles. The second-order valence-electron chi connectivity index (χ2n) is 4.85. The number of carbonyl (C=O) groups is 1. The van der Waals surface area contributed by atoms with Crippen LogP contribution in [0, 0.1) is 0 Å². The van der Waals surface area contributed by atoms with Crippen molar-refractivity contribution in [3.63, 3.8) is 0 Å². The summed E-state index contributed by atoms with van der Waals surface area (Å²) in [5.41, 5.74) is 5.43. The van der Waals surface area contributed by atoms with E-state index in [0.29, 0.717) is 38.5 Å². The predicted molar refractivity (Wildman–Crippen MR) is 83.6 cm³/mol. The molecule has 1 amide bonds. The van der Waals surface area contributed by atoms with E-state index in [4.69, 9.17) is 15.2 Å². The van der Waals surface area contributed by atoms with Gasteiger partial charge in [0.2, 0.25) is 5.91 Å². The molecule has 1 aromatic carbocycles. The average Bonchev–Trinajstić information content (AvgIpc) is 2.51. The molecule has 21 heavy (non-hydrogen) atoms. The van der Waals surface area contributed by atoms with Gasteiger partial charge in [-0.3, -0.25) is 4.79 Å². The van der Waals surface area contributed by atoms with Gasteiger partial charge in [-0.15, -0.1) is 0 Å². The first-order valence-electron chi connectivity index (χ1n) is 7.47. The molecule has 0 bridgehead atoms. The number of hydrogen-bond acceptors (Lipinski definition) is 4. The van der Waals surface area contributed by atoms with Gasteiger partial charge in [-0.05, 0) is 31.5 Å². The van der Waals surface area contributed by atoms with Crippen LogP contribution in [0.2, 0.25) is 0 Å². The molecule has 118 valence electrons. The molecule has 0 spiro atoms. The van der Waals surface area contributed by atoms with E-state index in [9.17, 15) is 4.79 Å². The van der Waals surface area contributed by atoms with Gasteiger partial charge in [-0.1, -0.05) is 19.1 Å². The summed E-state index contributed by atoms with van der Waals surface area (Å²) in [5.74, 6) is 1.47. The molecule has 0 heterocycles. The van der Waals surface area contributed by atoms with E-state index >= 15 is 0 Å². The van der Waals surface area contributed by atoms with E-state index in [0.717, 1.165) is 18.6 Å². The van der Waals surface area contributed by atoms with E-state index in [-0.39, 0.29) is 5.91 Å². The van der Waals surface area contributed by atoms with E-state index < -0.39 is 0 Å². The Morgan fingerprint density at radius 3 is 2.38 bits per heavy atom. The SMILES string of the molecule is CCCOc1ccccc1OCCC(=O)N(C)CCCN. The highest BCUT2D eigenvalue weighted by Gasteiger charge is 2.09. The molecule has 5 heteroatoms. The Kier molecular flexibility index (Phi) is 8.28. The number of ether oxygens (including phenoxy) is 2. The topological polar surface area (TPSA) is 64.8 Å². The zero-order valence-corrected chi connectivity index (χ0v) is 13.0. The summed E-state index contributed by atoms with van der Waals surface area (Å²) in [6, 6.07) is 7.53. The molecular weight excluding hydrogens is 268 g/mol. The Hall–Kier alpha value is -1.75. The van der Waals surface area contributed by atoms with Crippen molar-refractivity contribution >= 4 is 5.91 Å². The molecule has 0 aliphatic rings. The summed E-state index contributed by atoms with van der Waals surface area (Å²) >= 11 is 0. The minimum absolute atomic E-state index is 0.0652. The quantitative estimate of drug-likeness (QED) is 0.717. The largest absolute Gasteiger partial charge is 0.490 e. The van der Waals surface area contributed by atoms with Crippen molar-refractivity contribution in [1.29, 1.82) is 0 Å². The number of benzene rings is 1. The maximum Gasteiger partial charge on any atom is 0.225 e. The lowest BCUT2D eigenvalue weighted by molar-refractivity contribution is -0.130. The number of carbonyl (C=O) groups excluding carboxylic acids is 1. The number of nitrogens with two attached hydrogens (primary N) is 1. The summed E-state index contributed by atoms with van der Waals surface area (Å²) < 4.78 is 11.3. The van der Waals surface area contributed by atoms with Gasteiger partial charge in [-0.25, -0.2) is 0 Å². The van der Waals surface area contributed by atoms with Crippen molar-refractivity contribution in [2.24, 2.45) is 5.73 Å². The van der Waals surface area contributed by atoms with E-state index in [2.05, 4.69) is 6.92 Å². The molecule has 0 saturated heterocycles. The number of amides is 1. The van der Waals surface area contributed by atoms with Gasteiger partial charge in [0, 0.05) is 13.6 Å². The molecule has 0 aliphatic carbocycles. The van der Waals surface area contributed by atoms with Gasteiger partial charge >= 0.3 is 0 Å². The average molecular weight is 294 g/mol. The zero-order chi connectivity index (χ0) is 15.5. The highest BCUT2D eigenvalue weighted by Crippen LogP contribution is 2.26. The molecule has 0 unspecified atom stereocenters. The third-order valence-electron chi connectivity index (χ3n) is 3.01. The van der Waals surface area contributed by atoms with Gasteiger partial charge in [-0.2, -0.15) is 0 Å². The van der Waals surface area contributed by atoms with Crippen molar-refractivity contribution < 1.29 is 14.3 Å². The van der Waals surface area contributed by atoms with Crippen molar-refractivity contribution in [3.05, 3.63) is 24.3 Å². The van der Waals surface area contributed by atoms with Gasteiger partial charge < -0.3 is 20.1 Å². The first kappa shape index (κ1) is 17.3. The van der Waals surface area contributed by atoms with Crippen LogP contribution in [0.25, 0.3) is 0 Å². The molecule has 0 saturated carbocycles. The van der Waals surface area contributed by atoms with Crippen molar-refractivity contribution in [2.75, 3.05) is 33.4 Å². The Labute approximate surface area is 127 Å². The summed E-state index contributed by atoms with van der Waals surface area (Å²) in [6.07, 6.45) is 2.11. The maximum absolute atomic E-state index is 11.9. The fraction of sp³-hybridized carbons (Fsp3) is 0.562. The van der Waals surface area contributed by atoms with Gasteiger partial charge in [0.05, 0.1) is 19.6 Å². The van der Waals surface area contributed by atoms with Crippen LogP contribution in [0.15, 0.2) is 24.3 Å². The molecule has 2 N–H and O–H groups in total. The highest BCUT2D eigenvalue weighted by molar-refractivity contribution is 5.75. The fourth-order valence-corrected chi connectivity index (χ4v) is 1.79. The van der Waals surface area contributed by atoms with Crippen LogP contribution in [-0.2, 0) is 4.79 Å². The molecule has 0 atom stereocenters. The van der Waals surface area contributed by atoms with E-state index in [1.807, 2.05) is 24.3 Å². The number of para-hydroxylation sites is 2. The minimum atomic E-state index is 0.0652. The summed E-state index contributed by atoms with van der Waals surface area (Å²) in [4.78, 5) is 13.6. The Bertz CT molecular complexity index is 424. The third-order valence-corrected chi connectivity index (χ3v) is 3.01. The predicted octanol–water partition coefficient (Wildman–Crippen LogP) is 2.05. The molecular formula is C16H26N2O3. The van der Waals surface area contributed by atoms with Crippen LogP contribution in [0.4, 0.5) is 0 Å². The standard InChI is InChI=1S/C16H26N2O3/c1-3-12-20-14-7-4-5-8-15(14)21-13-9-16(19)18(2)11-6-10-17/h4-5,7-8H,3,6,9-13,17H2,1-2H3. The third kappa shape index (κ3) is 6.49. The Balaban J connectivity index is 2.39. The van der Waals surface area contributed by atoms with Crippen LogP contribution >= 0.6 is 0 Å². The van der Waals surface area contributed by atoms with Crippen molar-refractivity contribution in [3.8, 4) is 11.5 Å². The summed E-state index contributed by atoms with van der Waals surface area (Å²) in [6.45, 7) is 4.33. The van der Waals surface area contributed by atoms with Crippen LogP contribution in [0.3, 0.4) is 0 Å². The first-order chi connectivity index (χ1) is 10.2. The Morgan fingerprint density at radius 1 is 1.19 bits per heavy atom. The van der Waals surface area contributed by atoms with Crippen LogP contribution in [0.1, 0.15) is 26.2 Å². The van der Waals surface area contributed by atoms with Gasteiger partial charge in [0.1, 0.15) is 0 Å². The highest BCUT2D eigenvalue weighted by atomic mass is 16.5.